The molecule has 2 aliphatic heterocycles. The number of aromatic nitrogens is 2. The molecule has 2 bridgehead atoms. The van der Waals surface area contributed by atoms with Crippen LogP contribution in [0.15, 0.2) is 0 Å². The average molecular weight is 294 g/mol. The van der Waals surface area contributed by atoms with Crippen molar-refractivity contribution in [2.24, 2.45) is 13.0 Å². The zero-order valence-electron chi connectivity index (χ0n) is 12.0. The first-order chi connectivity index (χ1) is 9.95. The molecule has 0 radical (unpaired) electrons. The monoisotopic (exact) mass is 294 g/mol. The number of hydrogen-bond donors (Lipinski definition) is 1. The van der Waals surface area contributed by atoms with Crippen molar-refractivity contribution in [1.82, 2.24) is 9.78 Å². The number of nitrogens with zero attached hydrogens (tertiary/aromatic N) is 4. The van der Waals surface area contributed by atoms with E-state index in [9.17, 15) is 20.0 Å². The largest absolute Gasteiger partial charge is 0.481 e. The van der Waals surface area contributed by atoms with E-state index in [1.54, 1.807) is 7.05 Å². The van der Waals surface area contributed by atoms with Crippen LogP contribution in [-0.4, -0.2) is 37.9 Å². The minimum Gasteiger partial charge on any atom is -0.481 e. The Morgan fingerprint density at radius 2 is 2.24 bits per heavy atom. The van der Waals surface area contributed by atoms with Gasteiger partial charge < -0.3 is 10.0 Å². The second-order valence-corrected chi connectivity index (χ2v) is 5.74. The van der Waals surface area contributed by atoms with Crippen molar-refractivity contribution in [2.45, 2.75) is 44.7 Å². The second kappa shape index (κ2) is 4.71. The van der Waals surface area contributed by atoms with Gasteiger partial charge in [-0.2, -0.15) is 5.10 Å². The molecule has 0 saturated carbocycles. The average Bonchev–Trinajstić information content (AvgIpc) is 3.07. The third kappa shape index (κ3) is 1.89. The van der Waals surface area contributed by atoms with Gasteiger partial charge in [0.05, 0.1) is 10.8 Å². The quantitative estimate of drug-likeness (QED) is 0.664. The van der Waals surface area contributed by atoms with Crippen LogP contribution in [0.4, 0.5) is 11.5 Å². The fraction of sp³-hybridized carbons (Fsp3) is 0.692. The lowest BCUT2D eigenvalue weighted by atomic mass is 9.89. The normalized spacial score (nSPS) is 27.3. The molecule has 1 aromatic rings. The molecule has 0 amide bonds. The van der Waals surface area contributed by atoms with Crippen LogP contribution in [0.5, 0.6) is 0 Å². The van der Waals surface area contributed by atoms with Crippen molar-refractivity contribution in [3.05, 3.63) is 15.8 Å². The predicted molar refractivity (Wildman–Crippen MR) is 74.3 cm³/mol. The summed E-state index contributed by atoms with van der Waals surface area (Å²) in [6.07, 6.45) is 2.70. The Labute approximate surface area is 121 Å². The van der Waals surface area contributed by atoms with E-state index >= 15 is 0 Å². The van der Waals surface area contributed by atoms with Gasteiger partial charge in [-0.3, -0.25) is 14.9 Å². The summed E-state index contributed by atoms with van der Waals surface area (Å²) in [5.74, 6) is -0.788. The molecule has 0 aromatic carbocycles. The molecular formula is C13H18N4O4. The Hall–Kier alpha value is -2.12. The van der Waals surface area contributed by atoms with Gasteiger partial charge in [-0.25, -0.2) is 4.68 Å². The zero-order valence-corrected chi connectivity index (χ0v) is 12.0. The lowest BCUT2D eigenvalue weighted by Crippen LogP contribution is -2.34. The molecule has 1 N–H and O–H groups in total. The molecule has 1 aromatic heterocycles. The first-order valence-electron chi connectivity index (χ1n) is 7.17. The van der Waals surface area contributed by atoms with E-state index in [1.165, 1.54) is 4.68 Å². The maximum Gasteiger partial charge on any atom is 0.334 e. The highest BCUT2D eigenvalue weighted by Crippen LogP contribution is 2.47. The molecule has 0 spiro atoms. The summed E-state index contributed by atoms with van der Waals surface area (Å²) in [5, 5.41) is 25.0. The van der Waals surface area contributed by atoms with Crippen molar-refractivity contribution >= 4 is 17.5 Å². The van der Waals surface area contributed by atoms with Crippen molar-refractivity contribution < 1.29 is 14.8 Å². The summed E-state index contributed by atoms with van der Waals surface area (Å²) >= 11 is 0. The molecule has 3 heterocycles. The Balaban J connectivity index is 2.08. The van der Waals surface area contributed by atoms with E-state index in [0.717, 1.165) is 12.8 Å². The summed E-state index contributed by atoms with van der Waals surface area (Å²) < 4.78 is 1.53. The third-order valence-electron chi connectivity index (χ3n) is 4.68. The molecule has 0 aliphatic carbocycles. The molecule has 8 heteroatoms. The fourth-order valence-corrected chi connectivity index (χ4v) is 3.86. The topological polar surface area (TPSA) is 102 Å². The first kappa shape index (κ1) is 13.8. The van der Waals surface area contributed by atoms with Crippen LogP contribution < -0.4 is 4.90 Å². The molecule has 21 heavy (non-hydrogen) atoms. The molecule has 3 unspecified atom stereocenters. The van der Waals surface area contributed by atoms with Gasteiger partial charge in [0, 0.05) is 19.1 Å². The maximum atomic E-state index is 11.4. The number of aryl methyl sites for hydroxylation is 2. The van der Waals surface area contributed by atoms with Crippen LogP contribution >= 0.6 is 0 Å². The molecule has 3 atom stereocenters. The van der Waals surface area contributed by atoms with E-state index in [2.05, 4.69) is 5.10 Å². The third-order valence-corrected chi connectivity index (χ3v) is 4.68. The van der Waals surface area contributed by atoms with Crippen molar-refractivity contribution in [3.8, 4) is 0 Å². The standard InChI is InChI=1S/C13H18N4O4/c1-3-9-11(17(20)21)12(15(2)14-9)16-7-4-5-10(16)8(6-7)13(18)19/h7-8,10H,3-6H2,1-2H3,(H,18,19). The van der Waals surface area contributed by atoms with E-state index in [1.807, 2.05) is 11.8 Å². The number of carboxylic acid groups (broad SMARTS) is 1. The van der Waals surface area contributed by atoms with Gasteiger partial charge in [-0.15, -0.1) is 0 Å². The Bertz CT molecular complexity index is 612. The molecule has 8 nitrogen and oxygen atoms in total. The molecule has 2 aliphatic rings. The lowest BCUT2D eigenvalue weighted by molar-refractivity contribution is -0.384. The van der Waals surface area contributed by atoms with Gasteiger partial charge in [0.15, 0.2) is 0 Å². The summed E-state index contributed by atoms with van der Waals surface area (Å²) in [5.41, 5.74) is 0.485. The highest BCUT2D eigenvalue weighted by Gasteiger charge is 2.52. The highest BCUT2D eigenvalue weighted by molar-refractivity contribution is 5.75. The van der Waals surface area contributed by atoms with Gasteiger partial charge in [-0.1, -0.05) is 6.92 Å². The van der Waals surface area contributed by atoms with E-state index in [-0.39, 0.29) is 17.8 Å². The van der Waals surface area contributed by atoms with Crippen LogP contribution in [-0.2, 0) is 18.3 Å². The van der Waals surface area contributed by atoms with Gasteiger partial charge in [0.1, 0.15) is 5.69 Å². The fourth-order valence-electron chi connectivity index (χ4n) is 3.86. The predicted octanol–water partition coefficient (Wildman–Crippen LogP) is 1.33. The summed E-state index contributed by atoms with van der Waals surface area (Å²) in [6.45, 7) is 1.83. The molecule has 2 saturated heterocycles. The highest BCUT2D eigenvalue weighted by atomic mass is 16.6. The Morgan fingerprint density at radius 3 is 2.76 bits per heavy atom. The van der Waals surface area contributed by atoms with Crippen molar-refractivity contribution in [2.75, 3.05) is 4.90 Å². The number of carboxylic acids is 1. The van der Waals surface area contributed by atoms with Gasteiger partial charge in [-0.05, 0) is 25.7 Å². The van der Waals surface area contributed by atoms with E-state index in [4.69, 9.17) is 0 Å². The number of hydrogen-bond acceptors (Lipinski definition) is 5. The number of fused-ring (bicyclic) bond motifs is 2. The van der Waals surface area contributed by atoms with Crippen molar-refractivity contribution in [1.29, 1.82) is 0 Å². The van der Waals surface area contributed by atoms with Crippen LogP contribution in [0.2, 0.25) is 0 Å². The SMILES string of the molecule is CCc1nn(C)c(N2C3CCC2C(C(=O)O)C3)c1[N+](=O)[O-]. The maximum absolute atomic E-state index is 11.4. The van der Waals surface area contributed by atoms with Gasteiger partial charge >= 0.3 is 11.7 Å². The number of carbonyl (C=O) groups is 1. The van der Waals surface area contributed by atoms with Crippen LogP contribution in [0.25, 0.3) is 0 Å². The van der Waals surface area contributed by atoms with E-state index in [0.29, 0.717) is 24.4 Å². The number of nitro groups is 1. The molecule has 2 fully saturated rings. The van der Waals surface area contributed by atoms with Gasteiger partial charge in [0.2, 0.25) is 5.82 Å². The Kier molecular flexibility index (Phi) is 3.11. The lowest BCUT2D eigenvalue weighted by Gasteiger charge is -2.24. The van der Waals surface area contributed by atoms with Crippen LogP contribution in [0.3, 0.4) is 0 Å². The van der Waals surface area contributed by atoms with Crippen LogP contribution in [0.1, 0.15) is 31.9 Å². The smallest absolute Gasteiger partial charge is 0.334 e. The Morgan fingerprint density at radius 1 is 1.52 bits per heavy atom. The summed E-state index contributed by atoms with van der Waals surface area (Å²) in [6, 6.07) is -0.0961. The zero-order chi connectivity index (χ0) is 15.3. The second-order valence-electron chi connectivity index (χ2n) is 5.74. The van der Waals surface area contributed by atoms with Gasteiger partial charge in [0.25, 0.3) is 0 Å². The molecular weight excluding hydrogens is 276 g/mol. The van der Waals surface area contributed by atoms with Crippen molar-refractivity contribution in [3.63, 3.8) is 0 Å². The molecule has 3 rings (SSSR count). The number of rotatable bonds is 4. The minimum atomic E-state index is -0.812. The number of anilines is 1. The first-order valence-corrected chi connectivity index (χ1v) is 7.17. The minimum absolute atomic E-state index is 0.0305. The molecule has 114 valence electrons. The van der Waals surface area contributed by atoms with E-state index < -0.39 is 16.8 Å². The number of aliphatic carboxylic acids is 1. The summed E-state index contributed by atoms with van der Waals surface area (Å²) in [7, 11) is 1.69. The van der Waals surface area contributed by atoms with Crippen LogP contribution in [0, 0.1) is 16.0 Å². The summed E-state index contributed by atoms with van der Waals surface area (Å²) in [4.78, 5) is 24.3.